The zero-order valence-electron chi connectivity index (χ0n) is 17.1. The van der Waals surface area contributed by atoms with Gasteiger partial charge in [-0.15, -0.1) is 6.58 Å². The van der Waals surface area contributed by atoms with Crippen molar-refractivity contribution in [3.63, 3.8) is 0 Å². The van der Waals surface area contributed by atoms with Gasteiger partial charge in [0, 0.05) is 0 Å². The Hall–Kier alpha value is -2.08. The molecule has 0 heteroatoms. The average molecular weight is 347 g/mol. The minimum absolute atomic E-state index is 0.552. The van der Waals surface area contributed by atoms with Crippen molar-refractivity contribution in [1.82, 2.24) is 0 Å². The van der Waals surface area contributed by atoms with Gasteiger partial charge in [-0.2, -0.15) is 0 Å². The minimum atomic E-state index is 0.552. The van der Waals surface area contributed by atoms with Crippen LogP contribution in [0.2, 0.25) is 0 Å². The Labute approximate surface area is 160 Å². The topological polar surface area (TPSA) is 0 Å². The quantitative estimate of drug-likeness (QED) is 0.422. The Morgan fingerprint density at radius 2 is 1.46 bits per heavy atom. The predicted octanol–water partition coefficient (Wildman–Crippen LogP) is 7.18. The summed E-state index contributed by atoms with van der Waals surface area (Å²) in [5.74, 6) is 0.552. The average Bonchev–Trinajstić information content (AvgIpc) is 2.60. The number of hydrogen-bond donors (Lipinski definition) is 0. The van der Waals surface area contributed by atoms with E-state index in [1.807, 2.05) is 0 Å². The van der Waals surface area contributed by atoms with E-state index in [-0.39, 0.29) is 0 Å². The molecule has 138 valence electrons. The maximum Gasteiger partial charge on any atom is -0.00669 e. The van der Waals surface area contributed by atoms with Crippen molar-refractivity contribution in [2.45, 2.75) is 59.8 Å². The van der Waals surface area contributed by atoms with E-state index in [0.29, 0.717) is 5.92 Å². The Balaban J connectivity index is 1.95. The summed E-state index contributed by atoms with van der Waals surface area (Å²) in [6.45, 7) is 17.2. The van der Waals surface area contributed by atoms with Crippen molar-refractivity contribution in [2.75, 3.05) is 0 Å². The Bertz CT molecular complexity index is 726. The van der Waals surface area contributed by atoms with Gasteiger partial charge >= 0.3 is 0 Å². The van der Waals surface area contributed by atoms with Gasteiger partial charge in [-0.3, -0.25) is 0 Å². The molecule has 0 aliphatic rings. The second-order valence-electron chi connectivity index (χ2n) is 7.79. The first kappa shape index (κ1) is 20.2. The summed E-state index contributed by atoms with van der Waals surface area (Å²) in [5, 5.41) is 0. The summed E-state index contributed by atoms with van der Waals surface area (Å²) in [6, 6.07) is 15.7. The predicted molar refractivity (Wildman–Crippen MR) is 116 cm³/mol. The third kappa shape index (κ3) is 5.73. The van der Waals surface area contributed by atoms with Crippen LogP contribution in [0.4, 0.5) is 0 Å². The third-order valence-electron chi connectivity index (χ3n) is 5.43. The smallest absolute Gasteiger partial charge is 0.00669 e. The van der Waals surface area contributed by atoms with Gasteiger partial charge in [-0.25, -0.2) is 0 Å². The van der Waals surface area contributed by atoms with E-state index in [4.69, 9.17) is 0 Å². The number of allylic oxidation sites excluding steroid dienone is 2. The van der Waals surface area contributed by atoms with Gasteiger partial charge in [-0.1, -0.05) is 67.1 Å². The van der Waals surface area contributed by atoms with Gasteiger partial charge in [0.25, 0.3) is 0 Å². The monoisotopic (exact) mass is 346 g/mol. The van der Waals surface area contributed by atoms with Crippen LogP contribution >= 0.6 is 0 Å². The Kier molecular flexibility index (Phi) is 7.45. The first-order chi connectivity index (χ1) is 12.4. The molecular weight excluding hydrogens is 312 g/mol. The lowest BCUT2D eigenvalue weighted by Gasteiger charge is -2.18. The molecule has 0 amide bonds. The van der Waals surface area contributed by atoms with E-state index in [2.05, 4.69) is 83.3 Å². The third-order valence-corrected chi connectivity index (χ3v) is 5.43. The van der Waals surface area contributed by atoms with Gasteiger partial charge in [-0.05, 0) is 86.6 Å². The molecule has 26 heavy (non-hydrogen) atoms. The Morgan fingerprint density at radius 1 is 0.885 bits per heavy atom. The number of rotatable bonds is 9. The normalized spacial score (nSPS) is 12.0. The molecule has 0 spiro atoms. The fourth-order valence-electron chi connectivity index (χ4n) is 3.74. The van der Waals surface area contributed by atoms with Crippen molar-refractivity contribution in [3.8, 4) is 0 Å². The summed E-state index contributed by atoms with van der Waals surface area (Å²) < 4.78 is 0. The highest BCUT2D eigenvalue weighted by molar-refractivity contribution is 5.35. The van der Waals surface area contributed by atoms with Crippen LogP contribution in [-0.4, -0.2) is 0 Å². The van der Waals surface area contributed by atoms with Crippen LogP contribution in [0.25, 0.3) is 0 Å². The summed E-state index contributed by atoms with van der Waals surface area (Å²) in [4.78, 5) is 0. The van der Waals surface area contributed by atoms with Crippen molar-refractivity contribution in [2.24, 2.45) is 5.92 Å². The summed E-state index contributed by atoms with van der Waals surface area (Å²) in [5.41, 5.74) is 9.67. The lowest BCUT2D eigenvalue weighted by atomic mass is 9.87. The summed E-state index contributed by atoms with van der Waals surface area (Å²) in [6.07, 6.45) is 5.38. The Morgan fingerprint density at radius 3 is 2.00 bits per heavy atom. The zero-order chi connectivity index (χ0) is 19.1. The maximum atomic E-state index is 4.35. The zero-order valence-corrected chi connectivity index (χ0v) is 17.1. The van der Waals surface area contributed by atoms with Gasteiger partial charge in [0.05, 0.1) is 0 Å². The molecular formula is C26H34. The maximum absolute atomic E-state index is 4.35. The van der Waals surface area contributed by atoms with Crippen molar-refractivity contribution < 1.29 is 0 Å². The van der Waals surface area contributed by atoms with Gasteiger partial charge in [0.1, 0.15) is 0 Å². The number of aryl methyl sites for hydroxylation is 3. The number of benzene rings is 2. The molecule has 2 aromatic carbocycles. The molecule has 0 bridgehead atoms. The van der Waals surface area contributed by atoms with Crippen LogP contribution in [0.1, 0.15) is 54.5 Å². The largest absolute Gasteiger partial charge is 0.100 e. The van der Waals surface area contributed by atoms with Gasteiger partial charge in [0.15, 0.2) is 0 Å². The fraction of sp³-hybridized carbons (Fsp3) is 0.385. The second-order valence-corrected chi connectivity index (χ2v) is 7.79. The van der Waals surface area contributed by atoms with E-state index < -0.39 is 0 Å². The molecule has 0 radical (unpaired) electrons. The first-order valence-corrected chi connectivity index (χ1v) is 9.85. The first-order valence-electron chi connectivity index (χ1n) is 9.85. The molecule has 0 nitrogen and oxygen atoms in total. The van der Waals surface area contributed by atoms with E-state index >= 15 is 0 Å². The molecule has 0 saturated heterocycles. The molecule has 0 fully saturated rings. The van der Waals surface area contributed by atoms with Gasteiger partial charge < -0.3 is 0 Å². The van der Waals surface area contributed by atoms with Crippen molar-refractivity contribution in [1.29, 1.82) is 0 Å². The standard InChI is InChI=1S/C26H34/c1-7-25(17-19(2)3)22(6)18-24-13-11-23(12-14-24)15-16-26-20(4)9-8-10-21(26)5/h8-14,25H,2,6-7,15-18H2,1,3-5H3. The molecule has 2 aromatic rings. The highest BCUT2D eigenvalue weighted by Gasteiger charge is 2.11. The molecule has 1 unspecified atom stereocenters. The molecule has 0 saturated carbocycles. The van der Waals surface area contributed by atoms with Crippen LogP contribution in [0, 0.1) is 19.8 Å². The van der Waals surface area contributed by atoms with Crippen LogP contribution < -0.4 is 0 Å². The lowest BCUT2D eigenvalue weighted by Crippen LogP contribution is -2.05. The SMILES string of the molecule is C=C(C)CC(CC)C(=C)Cc1ccc(CCc2c(C)cccc2C)cc1. The molecule has 0 aliphatic heterocycles. The van der Waals surface area contributed by atoms with E-state index in [1.165, 1.54) is 39.0 Å². The highest BCUT2D eigenvalue weighted by atomic mass is 14.2. The van der Waals surface area contributed by atoms with Crippen LogP contribution in [-0.2, 0) is 19.3 Å². The number of hydrogen-bond acceptors (Lipinski definition) is 0. The molecule has 0 heterocycles. The van der Waals surface area contributed by atoms with E-state index in [1.54, 1.807) is 0 Å². The molecule has 2 rings (SSSR count). The van der Waals surface area contributed by atoms with Crippen LogP contribution in [0.5, 0.6) is 0 Å². The van der Waals surface area contributed by atoms with Crippen LogP contribution in [0.3, 0.4) is 0 Å². The molecule has 0 N–H and O–H groups in total. The molecule has 0 aliphatic carbocycles. The summed E-state index contributed by atoms with van der Waals surface area (Å²) in [7, 11) is 0. The van der Waals surface area contributed by atoms with E-state index in [0.717, 1.165) is 32.1 Å². The van der Waals surface area contributed by atoms with Crippen molar-refractivity contribution in [3.05, 3.63) is 94.6 Å². The van der Waals surface area contributed by atoms with Crippen molar-refractivity contribution >= 4 is 0 Å². The van der Waals surface area contributed by atoms with Crippen LogP contribution in [0.15, 0.2) is 66.8 Å². The fourth-order valence-corrected chi connectivity index (χ4v) is 3.74. The van der Waals surface area contributed by atoms with Gasteiger partial charge in [0.2, 0.25) is 0 Å². The summed E-state index contributed by atoms with van der Waals surface area (Å²) >= 11 is 0. The molecule has 1 atom stereocenters. The lowest BCUT2D eigenvalue weighted by molar-refractivity contribution is 0.575. The molecule has 0 aromatic heterocycles. The minimum Gasteiger partial charge on any atom is -0.100 e. The highest BCUT2D eigenvalue weighted by Crippen LogP contribution is 2.25. The van der Waals surface area contributed by atoms with E-state index in [9.17, 15) is 0 Å². The second kappa shape index (κ2) is 9.57.